The van der Waals surface area contributed by atoms with Gasteiger partial charge in [-0.1, -0.05) is 11.6 Å². The summed E-state index contributed by atoms with van der Waals surface area (Å²) in [6.45, 7) is 2.64. The van der Waals surface area contributed by atoms with Crippen LogP contribution in [0.4, 0.5) is 10.6 Å². The number of rotatable bonds is 7. The number of carbonyl (C=O) groups excluding carboxylic acids is 2. The molecule has 0 spiro atoms. The lowest BCUT2D eigenvalue weighted by Gasteiger charge is -2.33. The molecule has 214 valence electrons. The molecule has 40 heavy (non-hydrogen) atoms. The van der Waals surface area contributed by atoms with Crippen molar-refractivity contribution in [2.75, 3.05) is 38.1 Å². The van der Waals surface area contributed by atoms with E-state index in [0.29, 0.717) is 29.6 Å². The highest BCUT2D eigenvalue weighted by atomic mass is 35.5. The number of aromatic nitrogens is 3. The molecule has 4 heterocycles. The molecule has 4 N–H and O–H groups in total. The summed E-state index contributed by atoms with van der Waals surface area (Å²) in [4.78, 5) is 73.5. The van der Waals surface area contributed by atoms with Crippen molar-refractivity contribution in [3.05, 3.63) is 47.1 Å². The van der Waals surface area contributed by atoms with Gasteiger partial charge < -0.3 is 35.0 Å². The van der Waals surface area contributed by atoms with E-state index in [-0.39, 0.29) is 5.69 Å². The Hall–Kier alpha value is -4.41. The summed E-state index contributed by atoms with van der Waals surface area (Å²) in [6.07, 6.45) is 0.494. The van der Waals surface area contributed by atoms with Gasteiger partial charge in [0.25, 0.3) is 5.91 Å². The fraction of sp³-hybridized carbons (Fsp3) is 0.391. The van der Waals surface area contributed by atoms with Gasteiger partial charge in [-0.3, -0.25) is 19.4 Å². The Morgan fingerprint density at radius 1 is 1.00 bits per heavy atom. The lowest BCUT2D eigenvalue weighted by molar-refractivity contribution is -0.170. The molecular weight excluding hydrogens is 556 g/mol. The summed E-state index contributed by atoms with van der Waals surface area (Å²) < 4.78 is 5.68. The van der Waals surface area contributed by atoms with Crippen LogP contribution >= 0.6 is 11.6 Å². The molecule has 16 nitrogen and oxygen atoms in total. The first-order valence-corrected chi connectivity index (χ1v) is 12.0. The Morgan fingerprint density at radius 3 is 2.12 bits per heavy atom. The van der Waals surface area contributed by atoms with Gasteiger partial charge >= 0.3 is 24.0 Å². The predicted molar refractivity (Wildman–Crippen MR) is 133 cm³/mol. The third-order valence-corrected chi connectivity index (χ3v) is 6.06. The number of fused-ring (bicyclic) bond motifs is 1. The number of pyridine rings is 1. The molecule has 0 bridgehead atoms. The van der Waals surface area contributed by atoms with Gasteiger partial charge in [-0.25, -0.2) is 24.5 Å². The number of ether oxygens (including phenoxy) is 1. The number of hydrogen-bond donors (Lipinski definition) is 4. The number of likely N-dealkylation sites (N-methyl/N-ethyl adjacent to an activating group) is 1. The van der Waals surface area contributed by atoms with Crippen LogP contribution in [0.1, 0.15) is 35.3 Å². The van der Waals surface area contributed by atoms with Crippen LogP contribution in [0.5, 0.6) is 0 Å². The molecule has 1 fully saturated rings. The van der Waals surface area contributed by atoms with E-state index in [9.17, 15) is 24.0 Å². The zero-order valence-corrected chi connectivity index (χ0v) is 21.8. The zero-order valence-electron chi connectivity index (χ0n) is 21.0. The maximum absolute atomic E-state index is 12.8. The lowest BCUT2D eigenvalue weighted by atomic mass is 9.96. The maximum atomic E-state index is 12.8. The van der Waals surface area contributed by atoms with Gasteiger partial charge in [-0.15, -0.1) is 0 Å². The number of carboxylic acids is 3. The van der Waals surface area contributed by atoms with E-state index >= 15 is 0 Å². The van der Waals surface area contributed by atoms with Gasteiger partial charge in [-0.2, -0.15) is 0 Å². The molecule has 0 aromatic carbocycles. The van der Waals surface area contributed by atoms with E-state index in [2.05, 4.69) is 19.9 Å². The number of halogens is 1. The number of anilines is 1. The Labute approximate surface area is 231 Å². The third-order valence-electron chi connectivity index (χ3n) is 5.83. The highest BCUT2D eigenvalue weighted by Crippen LogP contribution is 2.35. The van der Waals surface area contributed by atoms with Gasteiger partial charge in [0.05, 0.1) is 17.9 Å². The molecule has 2 aliphatic rings. The van der Waals surface area contributed by atoms with Crippen molar-refractivity contribution in [3.63, 3.8) is 0 Å². The minimum absolute atomic E-state index is 0.144. The minimum Gasteiger partial charge on any atom is -0.481 e. The number of piperazine rings is 1. The van der Waals surface area contributed by atoms with Crippen molar-refractivity contribution in [1.29, 1.82) is 0 Å². The molecule has 17 heteroatoms. The van der Waals surface area contributed by atoms with E-state index in [1.165, 1.54) is 23.5 Å². The standard InChI is InChI=1S/C17H17ClN6O3.C6H8O7/c1-22-6-8-23(9-7-22)17(26)27-16-14-13(19-4-5-20-14)15(25)24(16)12-3-2-11(18)10-21-12;7-3(8)1-6(13,5(11)12)2-4(9)10/h2-5,10,16H,6-9H2,1H3;13H,1-2H2,(H,7,8)(H,9,10)(H,11,12). The number of aliphatic carboxylic acids is 3. The average molecular weight is 581 g/mol. The van der Waals surface area contributed by atoms with Crippen LogP contribution in [0.15, 0.2) is 30.7 Å². The summed E-state index contributed by atoms with van der Waals surface area (Å²) in [5, 5.41) is 34.2. The fourth-order valence-electron chi connectivity index (χ4n) is 3.75. The van der Waals surface area contributed by atoms with E-state index in [0.717, 1.165) is 13.1 Å². The smallest absolute Gasteiger partial charge is 0.412 e. The molecule has 0 saturated carbocycles. The lowest BCUT2D eigenvalue weighted by Crippen LogP contribution is -2.48. The largest absolute Gasteiger partial charge is 0.481 e. The highest BCUT2D eigenvalue weighted by Gasteiger charge is 2.44. The van der Waals surface area contributed by atoms with Crippen LogP contribution < -0.4 is 4.90 Å². The topological polar surface area (TPSA) is 224 Å². The molecule has 4 rings (SSSR count). The second kappa shape index (κ2) is 12.6. The van der Waals surface area contributed by atoms with Crippen LogP contribution in [-0.2, 0) is 19.1 Å². The Kier molecular flexibility index (Phi) is 9.51. The first-order chi connectivity index (χ1) is 18.8. The summed E-state index contributed by atoms with van der Waals surface area (Å²) in [6, 6.07) is 3.20. The van der Waals surface area contributed by atoms with E-state index in [1.807, 2.05) is 7.05 Å². The quantitative estimate of drug-likeness (QED) is 0.346. The van der Waals surface area contributed by atoms with Crippen LogP contribution in [0.25, 0.3) is 0 Å². The van der Waals surface area contributed by atoms with E-state index in [4.69, 9.17) is 36.8 Å². The monoisotopic (exact) mass is 580 g/mol. The van der Waals surface area contributed by atoms with E-state index in [1.54, 1.807) is 17.0 Å². The predicted octanol–water partition coefficient (Wildman–Crippen LogP) is 0.320. The molecular formula is C23H25ClN6O10. The fourth-order valence-corrected chi connectivity index (χ4v) is 3.87. The normalized spacial score (nSPS) is 17.0. The van der Waals surface area contributed by atoms with Crippen molar-refractivity contribution in [2.24, 2.45) is 0 Å². The second-order valence-corrected chi connectivity index (χ2v) is 9.24. The second-order valence-electron chi connectivity index (χ2n) is 8.80. The summed E-state index contributed by atoms with van der Waals surface area (Å²) in [5.41, 5.74) is -2.30. The summed E-state index contributed by atoms with van der Waals surface area (Å²) in [5.74, 6) is -5.14. The Balaban J connectivity index is 0.000000289. The zero-order chi connectivity index (χ0) is 29.6. The average Bonchev–Trinajstić information content (AvgIpc) is 3.15. The number of carboxylic acid groups (broad SMARTS) is 3. The van der Waals surface area contributed by atoms with Crippen molar-refractivity contribution in [1.82, 2.24) is 24.8 Å². The van der Waals surface area contributed by atoms with Crippen LogP contribution in [0, 0.1) is 0 Å². The molecule has 1 atom stereocenters. The highest BCUT2D eigenvalue weighted by molar-refractivity contribution is 6.30. The van der Waals surface area contributed by atoms with Gasteiger partial charge in [0.15, 0.2) is 11.3 Å². The number of nitrogens with zero attached hydrogens (tertiary/aromatic N) is 6. The van der Waals surface area contributed by atoms with Crippen molar-refractivity contribution >= 4 is 47.3 Å². The number of hydrogen-bond acceptors (Lipinski definition) is 11. The first-order valence-electron chi connectivity index (χ1n) is 11.6. The van der Waals surface area contributed by atoms with Crippen molar-refractivity contribution in [2.45, 2.75) is 24.7 Å². The Morgan fingerprint density at radius 2 is 1.60 bits per heavy atom. The van der Waals surface area contributed by atoms with Crippen molar-refractivity contribution in [3.8, 4) is 0 Å². The molecule has 1 unspecified atom stereocenters. The van der Waals surface area contributed by atoms with Crippen LogP contribution in [0.3, 0.4) is 0 Å². The van der Waals surface area contributed by atoms with Crippen molar-refractivity contribution < 1.29 is 49.1 Å². The Bertz CT molecular complexity index is 1270. The van der Waals surface area contributed by atoms with Gasteiger partial charge in [0.1, 0.15) is 11.5 Å². The van der Waals surface area contributed by atoms with E-state index < -0.39 is 54.6 Å². The van der Waals surface area contributed by atoms with Gasteiger partial charge in [-0.05, 0) is 19.2 Å². The summed E-state index contributed by atoms with van der Waals surface area (Å²) in [7, 11) is 2.00. The molecule has 2 aromatic heterocycles. The van der Waals surface area contributed by atoms with Crippen LogP contribution in [-0.4, -0.2) is 114 Å². The maximum Gasteiger partial charge on any atom is 0.412 e. The minimum atomic E-state index is -2.74. The molecule has 2 amide bonds. The number of aliphatic hydroxyl groups is 1. The SMILES string of the molecule is CN1CCN(C(=O)OC2c3nccnc3C(=O)N2c2ccc(Cl)cn2)CC1.O=C(O)CC(O)(CC(=O)O)C(=O)O. The van der Waals surface area contributed by atoms with Crippen LogP contribution in [0.2, 0.25) is 5.02 Å². The first kappa shape index (κ1) is 30.1. The van der Waals surface area contributed by atoms with Gasteiger partial charge in [0.2, 0.25) is 6.23 Å². The third kappa shape index (κ3) is 7.16. The number of amides is 2. The molecule has 2 aliphatic heterocycles. The molecule has 1 saturated heterocycles. The molecule has 0 radical (unpaired) electrons. The molecule has 0 aliphatic carbocycles. The van der Waals surface area contributed by atoms with Gasteiger partial charge in [0, 0.05) is 44.8 Å². The summed E-state index contributed by atoms with van der Waals surface area (Å²) >= 11 is 5.89. The molecule has 2 aromatic rings. The number of carbonyl (C=O) groups is 5.